The van der Waals surface area contributed by atoms with Gasteiger partial charge in [0.2, 0.25) is 5.91 Å². The Kier molecular flexibility index (Phi) is 3.23. The molecule has 4 nitrogen and oxygen atoms in total. The number of carbonyl (C=O) groups excluding carboxylic acids is 1. The van der Waals surface area contributed by atoms with Crippen LogP contribution in [0.25, 0.3) is 32.4 Å². The van der Waals surface area contributed by atoms with Crippen LogP contribution in [0.2, 0.25) is 0 Å². The molecule has 1 unspecified atom stereocenters. The van der Waals surface area contributed by atoms with Crippen molar-refractivity contribution >= 4 is 44.0 Å². The van der Waals surface area contributed by atoms with Crippen LogP contribution in [0.3, 0.4) is 0 Å². The SMILES string of the molecule is CC1(CCC#N)C(=O)Nc2cccc3c2c1nc1ccc2ccccc2c13. The van der Waals surface area contributed by atoms with Gasteiger partial charge in [-0.25, -0.2) is 0 Å². The van der Waals surface area contributed by atoms with Gasteiger partial charge in [0.1, 0.15) is 0 Å². The molecule has 3 aromatic carbocycles. The quantitative estimate of drug-likeness (QED) is 0.514. The van der Waals surface area contributed by atoms with E-state index in [2.05, 4.69) is 35.7 Å². The zero-order valence-corrected chi connectivity index (χ0v) is 14.9. The van der Waals surface area contributed by atoms with Crippen LogP contribution in [0.5, 0.6) is 0 Å². The molecule has 0 saturated carbocycles. The number of hydrogen-bond donors (Lipinski definition) is 1. The Balaban J connectivity index is 1.97. The molecule has 4 heteroatoms. The van der Waals surface area contributed by atoms with Crippen molar-refractivity contribution in [2.45, 2.75) is 25.2 Å². The molecule has 0 fully saturated rings. The van der Waals surface area contributed by atoms with Gasteiger partial charge >= 0.3 is 0 Å². The molecule has 0 aliphatic carbocycles. The first-order valence-electron chi connectivity index (χ1n) is 9.06. The summed E-state index contributed by atoms with van der Waals surface area (Å²) in [7, 11) is 0. The van der Waals surface area contributed by atoms with Gasteiger partial charge in [-0.2, -0.15) is 5.26 Å². The number of amides is 1. The molecule has 0 bridgehead atoms. The summed E-state index contributed by atoms with van der Waals surface area (Å²) < 4.78 is 0. The second-order valence-electron chi connectivity index (χ2n) is 7.31. The van der Waals surface area contributed by atoms with Crippen LogP contribution < -0.4 is 5.32 Å². The fourth-order valence-electron chi connectivity index (χ4n) is 4.24. The Labute approximate surface area is 156 Å². The van der Waals surface area contributed by atoms with E-state index in [1.54, 1.807) is 0 Å². The highest BCUT2D eigenvalue weighted by Gasteiger charge is 2.42. The highest BCUT2D eigenvalue weighted by atomic mass is 16.2. The molecular weight excluding hydrogens is 334 g/mol. The minimum absolute atomic E-state index is 0.0922. The van der Waals surface area contributed by atoms with Crippen LogP contribution in [0, 0.1) is 11.3 Å². The number of pyridine rings is 1. The van der Waals surface area contributed by atoms with E-state index in [1.165, 1.54) is 5.39 Å². The third-order valence-electron chi connectivity index (χ3n) is 5.72. The molecular formula is C23H17N3O. The number of nitrogens with one attached hydrogen (secondary N) is 1. The maximum absolute atomic E-state index is 12.9. The van der Waals surface area contributed by atoms with Gasteiger partial charge in [0.25, 0.3) is 0 Å². The number of benzene rings is 3. The molecule has 27 heavy (non-hydrogen) atoms. The summed E-state index contributed by atoms with van der Waals surface area (Å²) in [4.78, 5) is 17.9. The summed E-state index contributed by atoms with van der Waals surface area (Å²) in [6, 6.07) is 20.5. The number of nitrogens with zero attached hydrogens (tertiary/aromatic N) is 2. The highest BCUT2D eigenvalue weighted by molar-refractivity contribution is 6.24. The zero-order chi connectivity index (χ0) is 18.6. The van der Waals surface area contributed by atoms with Crippen LogP contribution in [0.4, 0.5) is 5.69 Å². The lowest BCUT2D eigenvalue weighted by Crippen LogP contribution is -2.41. The molecule has 1 N–H and O–H groups in total. The lowest BCUT2D eigenvalue weighted by molar-refractivity contribution is -0.121. The topological polar surface area (TPSA) is 65.8 Å². The Bertz CT molecular complexity index is 1300. The molecule has 1 atom stereocenters. The smallest absolute Gasteiger partial charge is 0.236 e. The van der Waals surface area contributed by atoms with E-state index in [1.807, 2.05) is 37.3 Å². The van der Waals surface area contributed by atoms with Crippen molar-refractivity contribution in [3.8, 4) is 6.07 Å². The minimum Gasteiger partial charge on any atom is -0.325 e. The van der Waals surface area contributed by atoms with Gasteiger partial charge in [0.05, 0.1) is 28.4 Å². The lowest BCUT2D eigenvalue weighted by atomic mass is 9.76. The Morgan fingerprint density at radius 1 is 1.04 bits per heavy atom. The van der Waals surface area contributed by atoms with E-state index in [9.17, 15) is 4.79 Å². The Morgan fingerprint density at radius 2 is 1.85 bits per heavy atom. The van der Waals surface area contributed by atoms with Gasteiger partial charge in [-0.1, -0.05) is 42.5 Å². The first-order valence-corrected chi connectivity index (χ1v) is 9.06. The number of fused-ring (bicyclic) bond motifs is 4. The number of hydrogen-bond acceptors (Lipinski definition) is 3. The van der Waals surface area contributed by atoms with Crippen molar-refractivity contribution in [1.29, 1.82) is 5.26 Å². The molecule has 0 radical (unpaired) electrons. The van der Waals surface area contributed by atoms with Crippen LogP contribution in [0.15, 0.2) is 54.6 Å². The number of rotatable bonds is 2. The summed E-state index contributed by atoms with van der Waals surface area (Å²) >= 11 is 0. The van der Waals surface area contributed by atoms with E-state index in [0.717, 1.165) is 38.4 Å². The normalized spacial score (nSPS) is 18.6. The minimum atomic E-state index is -0.817. The van der Waals surface area contributed by atoms with E-state index >= 15 is 0 Å². The molecule has 1 aliphatic rings. The summed E-state index contributed by atoms with van der Waals surface area (Å²) in [6.07, 6.45) is 0.760. The van der Waals surface area contributed by atoms with Crippen molar-refractivity contribution in [2.24, 2.45) is 0 Å². The molecule has 4 aromatic rings. The molecule has 1 aromatic heterocycles. The maximum Gasteiger partial charge on any atom is 0.236 e. The van der Waals surface area contributed by atoms with E-state index in [0.29, 0.717) is 12.8 Å². The van der Waals surface area contributed by atoms with Crippen molar-refractivity contribution in [2.75, 3.05) is 5.32 Å². The number of aromatic nitrogens is 1. The average molecular weight is 351 g/mol. The van der Waals surface area contributed by atoms with E-state index in [4.69, 9.17) is 10.2 Å². The fourth-order valence-corrected chi connectivity index (χ4v) is 4.24. The predicted octanol–water partition coefficient (Wildman–Crippen LogP) is 5.05. The third kappa shape index (κ3) is 2.09. The summed E-state index contributed by atoms with van der Waals surface area (Å²) in [5, 5.41) is 17.6. The van der Waals surface area contributed by atoms with Crippen molar-refractivity contribution in [3.63, 3.8) is 0 Å². The standard InChI is InChI=1S/C23H17N3O/c1-23(12-5-13-24)21-20-16(8-4-9-17(20)26-22(23)27)19-15-7-3-2-6-14(15)10-11-18(19)25-21/h2-4,6-11H,5,12H2,1H3,(H,26,27). The van der Waals surface area contributed by atoms with Crippen molar-refractivity contribution in [1.82, 2.24) is 4.98 Å². The summed E-state index contributed by atoms with van der Waals surface area (Å²) in [6.45, 7) is 1.89. The maximum atomic E-state index is 12.9. The number of nitriles is 1. The van der Waals surface area contributed by atoms with Crippen LogP contribution in [-0.2, 0) is 10.2 Å². The van der Waals surface area contributed by atoms with Gasteiger partial charge in [-0.15, -0.1) is 0 Å². The lowest BCUT2D eigenvalue weighted by Gasteiger charge is -2.33. The summed E-state index contributed by atoms with van der Waals surface area (Å²) in [5.74, 6) is -0.0922. The van der Waals surface area contributed by atoms with Crippen molar-refractivity contribution in [3.05, 3.63) is 60.3 Å². The second-order valence-corrected chi connectivity index (χ2v) is 7.31. The first-order chi connectivity index (χ1) is 13.1. The van der Waals surface area contributed by atoms with Gasteiger partial charge in [-0.05, 0) is 41.6 Å². The van der Waals surface area contributed by atoms with Crippen molar-refractivity contribution < 1.29 is 4.79 Å². The zero-order valence-electron chi connectivity index (χ0n) is 14.9. The van der Waals surface area contributed by atoms with Gasteiger partial charge < -0.3 is 5.32 Å². The fraction of sp³-hybridized carbons (Fsp3) is 0.174. The van der Waals surface area contributed by atoms with E-state index in [-0.39, 0.29) is 5.91 Å². The molecule has 0 saturated heterocycles. The highest BCUT2D eigenvalue weighted by Crippen LogP contribution is 2.44. The molecule has 1 amide bonds. The molecule has 2 heterocycles. The van der Waals surface area contributed by atoms with Crippen LogP contribution >= 0.6 is 0 Å². The van der Waals surface area contributed by atoms with E-state index < -0.39 is 5.41 Å². The largest absolute Gasteiger partial charge is 0.325 e. The Hall–Kier alpha value is -3.45. The average Bonchev–Trinajstić information content (AvgIpc) is 2.70. The first kappa shape index (κ1) is 15.8. The molecule has 130 valence electrons. The number of carbonyl (C=O) groups is 1. The molecule has 1 aliphatic heterocycles. The van der Waals surface area contributed by atoms with Gasteiger partial charge in [-0.3, -0.25) is 9.78 Å². The van der Waals surface area contributed by atoms with Gasteiger partial charge in [0.15, 0.2) is 0 Å². The van der Waals surface area contributed by atoms with Gasteiger partial charge in [0, 0.05) is 17.2 Å². The monoisotopic (exact) mass is 351 g/mol. The van der Waals surface area contributed by atoms with Crippen LogP contribution in [-0.4, -0.2) is 10.9 Å². The molecule has 5 rings (SSSR count). The third-order valence-corrected chi connectivity index (χ3v) is 5.72. The second kappa shape index (κ2) is 5.52. The molecule has 0 spiro atoms. The van der Waals surface area contributed by atoms with Crippen LogP contribution in [0.1, 0.15) is 25.5 Å². The predicted molar refractivity (Wildman–Crippen MR) is 108 cm³/mol. The Morgan fingerprint density at radius 3 is 2.70 bits per heavy atom. The summed E-state index contributed by atoms with van der Waals surface area (Å²) in [5.41, 5.74) is 1.63. The number of anilines is 1.